The van der Waals surface area contributed by atoms with Crippen molar-refractivity contribution in [3.63, 3.8) is 0 Å². The van der Waals surface area contributed by atoms with Crippen LogP contribution in [-0.4, -0.2) is 33.9 Å². The molecule has 1 atom stereocenters. The van der Waals surface area contributed by atoms with Crippen molar-refractivity contribution >= 4 is 22.8 Å². The van der Waals surface area contributed by atoms with Crippen LogP contribution in [0.5, 0.6) is 5.75 Å². The van der Waals surface area contributed by atoms with E-state index < -0.39 is 0 Å². The summed E-state index contributed by atoms with van der Waals surface area (Å²) in [6, 6.07) is 7.26. The van der Waals surface area contributed by atoms with Crippen LogP contribution in [0.1, 0.15) is 24.5 Å². The van der Waals surface area contributed by atoms with Gasteiger partial charge in [-0.15, -0.1) is 0 Å². The lowest BCUT2D eigenvalue weighted by Crippen LogP contribution is -2.41. The van der Waals surface area contributed by atoms with Crippen LogP contribution >= 0.6 is 0 Å². The minimum Gasteiger partial charge on any atom is -0.494 e. The Morgan fingerprint density at radius 1 is 1.31 bits per heavy atom. The smallest absolute Gasteiger partial charge is 0.319 e. The molecule has 0 radical (unpaired) electrons. The summed E-state index contributed by atoms with van der Waals surface area (Å²) in [5, 5.41) is 14.0. The summed E-state index contributed by atoms with van der Waals surface area (Å²) in [4.78, 5) is 16.7. The molecule has 2 aromatic heterocycles. The molecule has 1 aromatic carbocycles. The Labute approximate surface area is 151 Å². The van der Waals surface area contributed by atoms with E-state index in [1.54, 1.807) is 0 Å². The molecule has 7 nitrogen and oxygen atoms in total. The third kappa shape index (κ3) is 3.33. The van der Waals surface area contributed by atoms with Crippen molar-refractivity contribution in [2.75, 3.05) is 11.9 Å². The van der Waals surface area contributed by atoms with Gasteiger partial charge in [0.05, 0.1) is 12.8 Å². The highest BCUT2D eigenvalue weighted by molar-refractivity contribution is 5.89. The van der Waals surface area contributed by atoms with Gasteiger partial charge in [0.1, 0.15) is 5.75 Å². The first-order chi connectivity index (χ1) is 12.7. The van der Waals surface area contributed by atoms with Crippen molar-refractivity contribution in [3.05, 3.63) is 47.8 Å². The molecule has 2 heterocycles. The Morgan fingerprint density at radius 2 is 2.15 bits per heavy atom. The lowest BCUT2D eigenvalue weighted by atomic mass is 9.88. The van der Waals surface area contributed by atoms with Crippen molar-refractivity contribution in [3.8, 4) is 5.75 Å². The number of urea groups is 1. The molecule has 0 spiro atoms. The number of carbonyl (C=O) groups is 1. The number of H-pyrrole nitrogens is 1. The lowest BCUT2D eigenvalue weighted by Gasteiger charge is -2.25. The molecule has 1 aliphatic carbocycles. The molecule has 1 aliphatic rings. The third-order valence-electron chi connectivity index (χ3n) is 4.65. The number of nitrogens with zero attached hydrogens (tertiary/aromatic N) is 2. The number of ether oxygens (including phenoxy) is 1. The number of aromatic nitrogens is 3. The maximum absolute atomic E-state index is 12.3. The molecule has 4 rings (SSSR count). The first-order valence-corrected chi connectivity index (χ1v) is 8.83. The van der Waals surface area contributed by atoms with Gasteiger partial charge in [0, 0.05) is 23.3 Å². The predicted octanol–water partition coefficient (Wildman–Crippen LogP) is 3.04. The number of hydrogen-bond acceptors (Lipinski definition) is 4. The number of nitrogens with one attached hydrogen (secondary N) is 3. The Bertz CT molecular complexity index is 919. The van der Waals surface area contributed by atoms with Gasteiger partial charge in [0.2, 0.25) is 0 Å². The van der Waals surface area contributed by atoms with Crippen LogP contribution in [-0.2, 0) is 12.8 Å². The molecule has 0 bridgehead atoms. The highest BCUT2D eigenvalue weighted by Crippen LogP contribution is 2.26. The third-order valence-corrected chi connectivity index (χ3v) is 4.65. The second kappa shape index (κ2) is 7.03. The normalized spacial score (nSPS) is 16.1. The summed E-state index contributed by atoms with van der Waals surface area (Å²) in [6.07, 6.45) is 6.29. The Kier molecular flexibility index (Phi) is 4.43. The molecular weight excluding hydrogens is 330 g/mol. The van der Waals surface area contributed by atoms with E-state index in [2.05, 4.69) is 25.8 Å². The number of anilines is 1. The second-order valence-corrected chi connectivity index (χ2v) is 6.39. The number of fused-ring (bicyclic) bond motifs is 3. The number of hydrogen-bond donors (Lipinski definition) is 3. The van der Waals surface area contributed by atoms with Gasteiger partial charge in [-0.2, -0.15) is 5.10 Å². The summed E-state index contributed by atoms with van der Waals surface area (Å²) >= 11 is 0. The van der Waals surface area contributed by atoms with Crippen molar-refractivity contribution in [1.29, 1.82) is 0 Å². The van der Waals surface area contributed by atoms with Gasteiger partial charge in [-0.3, -0.25) is 5.10 Å². The molecule has 0 fully saturated rings. The molecule has 0 saturated heterocycles. The molecule has 7 heteroatoms. The van der Waals surface area contributed by atoms with Crippen LogP contribution in [0.25, 0.3) is 11.0 Å². The fraction of sp³-hybridized carbons (Fsp3) is 0.316. The predicted molar refractivity (Wildman–Crippen MR) is 99.5 cm³/mol. The van der Waals surface area contributed by atoms with Crippen molar-refractivity contribution in [2.45, 2.75) is 32.2 Å². The number of aryl methyl sites for hydroxylation is 1. The van der Waals surface area contributed by atoms with Crippen LogP contribution in [0.15, 0.2) is 36.7 Å². The number of rotatable bonds is 4. The fourth-order valence-corrected chi connectivity index (χ4v) is 3.43. The van der Waals surface area contributed by atoms with Gasteiger partial charge in [-0.1, -0.05) is 0 Å². The zero-order valence-electron chi connectivity index (χ0n) is 14.6. The summed E-state index contributed by atoms with van der Waals surface area (Å²) < 4.78 is 5.40. The molecule has 2 amide bonds. The van der Waals surface area contributed by atoms with Crippen LogP contribution in [0, 0.1) is 0 Å². The van der Waals surface area contributed by atoms with E-state index in [0.717, 1.165) is 41.7 Å². The van der Waals surface area contributed by atoms with Gasteiger partial charge >= 0.3 is 6.03 Å². The van der Waals surface area contributed by atoms with Crippen LogP contribution in [0.3, 0.4) is 0 Å². The summed E-state index contributed by atoms with van der Waals surface area (Å²) in [5.41, 5.74) is 4.03. The lowest BCUT2D eigenvalue weighted by molar-refractivity contribution is 0.247. The largest absolute Gasteiger partial charge is 0.494 e. The minimum absolute atomic E-state index is 0.0938. The van der Waals surface area contributed by atoms with Gasteiger partial charge in [-0.25, -0.2) is 9.78 Å². The average Bonchev–Trinajstić information content (AvgIpc) is 3.12. The van der Waals surface area contributed by atoms with E-state index in [1.807, 2.05) is 43.6 Å². The van der Waals surface area contributed by atoms with E-state index in [0.29, 0.717) is 6.61 Å². The molecule has 26 heavy (non-hydrogen) atoms. The first-order valence-electron chi connectivity index (χ1n) is 8.83. The SMILES string of the molecule is CCOc1ccc(NC(=O)NC2CCc3c(cnc4[nH]ncc34)C2)cc1. The maximum Gasteiger partial charge on any atom is 0.319 e. The molecular formula is C19H21N5O2. The Hall–Kier alpha value is -3.09. The number of pyridine rings is 1. The highest BCUT2D eigenvalue weighted by atomic mass is 16.5. The second-order valence-electron chi connectivity index (χ2n) is 6.39. The van der Waals surface area contributed by atoms with Crippen molar-refractivity contribution in [2.24, 2.45) is 0 Å². The van der Waals surface area contributed by atoms with E-state index in [1.165, 1.54) is 11.1 Å². The van der Waals surface area contributed by atoms with E-state index in [-0.39, 0.29) is 12.1 Å². The van der Waals surface area contributed by atoms with Gasteiger partial charge < -0.3 is 15.4 Å². The molecule has 1 unspecified atom stereocenters. The molecule has 0 saturated carbocycles. The van der Waals surface area contributed by atoms with Crippen LogP contribution in [0.2, 0.25) is 0 Å². The van der Waals surface area contributed by atoms with E-state index >= 15 is 0 Å². The number of aromatic amines is 1. The topological polar surface area (TPSA) is 91.9 Å². The average molecular weight is 351 g/mol. The molecule has 3 aromatic rings. The van der Waals surface area contributed by atoms with Gasteiger partial charge in [0.25, 0.3) is 0 Å². The number of amides is 2. The zero-order chi connectivity index (χ0) is 17.9. The zero-order valence-corrected chi connectivity index (χ0v) is 14.6. The summed E-state index contributed by atoms with van der Waals surface area (Å²) in [5.74, 6) is 0.792. The van der Waals surface area contributed by atoms with E-state index in [4.69, 9.17) is 4.74 Å². The monoisotopic (exact) mass is 351 g/mol. The highest BCUT2D eigenvalue weighted by Gasteiger charge is 2.22. The standard InChI is InChI=1S/C19H21N5O2/c1-2-26-15-6-3-13(4-7-15)22-19(25)23-14-5-8-16-12(9-14)10-20-18-17(16)11-21-24-18/h3-4,6-7,10-11,14H,2,5,8-9H2,1H3,(H,20,21,24)(H2,22,23,25). The quantitative estimate of drug-likeness (QED) is 0.674. The van der Waals surface area contributed by atoms with Crippen LogP contribution in [0.4, 0.5) is 10.5 Å². The Morgan fingerprint density at radius 3 is 2.96 bits per heavy atom. The van der Waals surface area contributed by atoms with Crippen molar-refractivity contribution in [1.82, 2.24) is 20.5 Å². The van der Waals surface area contributed by atoms with Gasteiger partial charge in [0.15, 0.2) is 5.65 Å². The maximum atomic E-state index is 12.3. The van der Waals surface area contributed by atoms with Crippen molar-refractivity contribution < 1.29 is 9.53 Å². The number of carbonyl (C=O) groups excluding carboxylic acids is 1. The van der Waals surface area contributed by atoms with Gasteiger partial charge in [-0.05, 0) is 61.6 Å². The minimum atomic E-state index is -0.194. The number of benzene rings is 1. The van der Waals surface area contributed by atoms with Crippen LogP contribution < -0.4 is 15.4 Å². The first kappa shape index (κ1) is 16.4. The fourth-order valence-electron chi connectivity index (χ4n) is 3.43. The molecule has 3 N–H and O–H groups in total. The summed E-state index contributed by atoms with van der Waals surface area (Å²) in [6.45, 7) is 2.56. The molecule has 0 aliphatic heterocycles. The van der Waals surface area contributed by atoms with E-state index in [9.17, 15) is 4.79 Å². The molecule has 134 valence electrons. The Balaban J connectivity index is 1.38. The summed E-state index contributed by atoms with van der Waals surface area (Å²) in [7, 11) is 0.